The van der Waals surface area contributed by atoms with Crippen LogP contribution in [0.25, 0.3) is 0 Å². The zero-order chi connectivity index (χ0) is 9.97. The van der Waals surface area contributed by atoms with Gasteiger partial charge < -0.3 is 10.5 Å². The van der Waals surface area contributed by atoms with Gasteiger partial charge in [0.1, 0.15) is 0 Å². The molecule has 14 heavy (non-hydrogen) atoms. The van der Waals surface area contributed by atoms with Crippen molar-refractivity contribution < 1.29 is 9.53 Å². The largest absolute Gasteiger partial charge is 0.379 e. The maximum Gasteiger partial charge on any atom is 0.169 e. The minimum absolute atomic E-state index is 0.0931. The van der Waals surface area contributed by atoms with Crippen molar-refractivity contribution in [2.24, 2.45) is 11.7 Å². The number of ketones is 1. The van der Waals surface area contributed by atoms with Gasteiger partial charge in [0.25, 0.3) is 0 Å². The van der Waals surface area contributed by atoms with E-state index in [1.54, 1.807) is 0 Å². The Balaban J connectivity index is 2.16. The first kappa shape index (κ1) is 9.37. The van der Waals surface area contributed by atoms with Gasteiger partial charge in [0.05, 0.1) is 19.1 Å². The normalized spacial score (nSPS) is 26.4. The molecule has 1 aliphatic rings. The third-order valence-electron chi connectivity index (χ3n) is 2.52. The lowest BCUT2D eigenvalue weighted by molar-refractivity contribution is 0.0896. The third-order valence-corrected chi connectivity index (χ3v) is 2.52. The minimum Gasteiger partial charge on any atom is -0.379 e. The Bertz CT molecular complexity index is 323. The van der Waals surface area contributed by atoms with Gasteiger partial charge in [-0.15, -0.1) is 0 Å². The molecule has 2 atom stereocenters. The molecule has 0 aliphatic carbocycles. The van der Waals surface area contributed by atoms with Crippen LogP contribution in [0.3, 0.4) is 0 Å². The average molecular weight is 191 g/mol. The first-order chi connectivity index (χ1) is 6.79. The van der Waals surface area contributed by atoms with Gasteiger partial charge in [-0.2, -0.15) is 0 Å². The summed E-state index contributed by atoms with van der Waals surface area (Å²) in [5, 5.41) is 0. The van der Waals surface area contributed by atoms with E-state index in [1.165, 1.54) is 0 Å². The fourth-order valence-corrected chi connectivity index (χ4v) is 1.66. The number of benzene rings is 1. The summed E-state index contributed by atoms with van der Waals surface area (Å²) in [7, 11) is 0. The number of nitrogens with two attached hydrogens (primary N) is 1. The molecule has 1 fully saturated rings. The van der Waals surface area contributed by atoms with Gasteiger partial charge >= 0.3 is 0 Å². The number of ether oxygens (including phenoxy) is 1. The van der Waals surface area contributed by atoms with Crippen molar-refractivity contribution >= 4 is 5.78 Å². The lowest BCUT2D eigenvalue weighted by Crippen LogP contribution is -2.34. The molecule has 1 aromatic rings. The molecule has 1 aromatic carbocycles. The molecule has 0 spiro atoms. The topological polar surface area (TPSA) is 52.3 Å². The number of hydrogen-bond donors (Lipinski definition) is 1. The maximum atomic E-state index is 11.9. The minimum atomic E-state index is -0.169. The molecule has 0 aromatic heterocycles. The fourth-order valence-electron chi connectivity index (χ4n) is 1.66. The summed E-state index contributed by atoms with van der Waals surface area (Å²) in [4.78, 5) is 11.9. The molecular formula is C11H13NO2. The van der Waals surface area contributed by atoms with Gasteiger partial charge in [-0.1, -0.05) is 30.3 Å². The van der Waals surface area contributed by atoms with Crippen LogP contribution >= 0.6 is 0 Å². The molecule has 74 valence electrons. The van der Waals surface area contributed by atoms with Gasteiger partial charge in [0, 0.05) is 11.6 Å². The van der Waals surface area contributed by atoms with Gasteiger partial charge in [0.2, 0.25) is 0 Å². The number of carbonyl (C=O) groups excluding carboxylic acids is 1. The molecule has 2 unspecified atom stereocenters. The smallest absolute Gasteiger partial charge is 0.169 e. The second-order valence-corrected chi connectivity index (χ2v) is 3.54. The van der Waals surface area contributed by atoms with Crippen molar-refractivity contribution in [2.45, 2.75) is 6.04 Å². The van der Waals surface area contributed by atoms with E-state index >= 15 is 0 Å². The standard InChI is InChI=1S/C11H13NO2/c12-10-7-14-6-9(10)11(13)8-4-2-1-3-5-8/h1-5,9-10H,6-7,12H2. The number of Topliss-reactive ketones (excluding diaryl/α,β-unsaturated/α-hetero) is 1. The van der Waals surface area contributed by atoms with Crippen LogP contribution < -0.4 is 5.73 Å². The maximum absolute atomic E-state index is 11.9. The summed E-state index contributed by atoms with van der Waals surface area (Å²) in [5.41, 5.74) is 6.49. The van der Waals surface area contributed by atoms with Crippen molar-refractivity contribution in [2.75, 3.05) is 13.2 Å². The van der Waals surface area contributed by atoms with Gasteiger partial charge in [-0.25, -0.2) is 0 Å². The Hall–Kier alpha value is -1.19. The Kier molecular flexibility index (Phi) is 2.61. The summed E-state index contributed by atoms with van der Waals surface area (Å²) in [6.07, 6.45) is 0. The molecular weight excluding hydrogens is 178 g/mol. The van der Waals surface area contributed by atoms with Gasteiger partial charge in [-0.3, -0.25) is 4.79 Å². The molecule has 0 radical (unpaired) electrons. The first-order valence-corrected chi connectivity index (χ1v) is 4.71. The molecule has 3 nitrogen and oxygen atoms in total. The first-order valence-electron chi connectivity index (χ1n) is 4.71. The molecule has 3 heteroatoms. The van der Waals surface area contributed by atoms with Gasteiger partial charge in [-0.05, 0) is 0 Å². The highest BCUT2D eigenvalue weighted by molar-refractivity contribution is 5.98. The van der Waals surface area contributed by atoms with Crippen molar-refractivity contribution in [3.05, 3.63) is 35.9 Å². The molecule has 2 N–H and O–H groups in total. The number of hydrogen-bond acceptors (Lipinski definition) is 3. The highest BCUT2D eigenvalue weighted by Gasteiger charge is 2.31. The van der Waals surface area contributed by atoms with Crippen molar-refractivity contribution in [3.63, 3.8) is 0 Å². The summed E-state index contributed by atoms with van der Waals surface area (Å²) < 4.78 is 5.17. The molecule has 1 heterocycles. The SMILES string of the molecule is NC1COCC1C(=O)c1ccccc1. The Labute approximate surface area is 82.9 Å². The van der Waals surface area contributed by atoms with Crippen molar-refractivity contribution in [1.29, 1.82) is 0 Å². The predicted octanol–water partition coefficient (Wildman–Crippen LogP) is 0.843. The fraction of sp³-hybridized carbons (Fsp3) is 0.364. The average Bonchev–Trinajstić information content (AvgIpc) is 2.65. The number of rotatable bonds is 2. The monoisotopic (exact) mass is 191 g/mol. The number of carbonyl (C=O) groups is 1. The zero-order valence-electron chi connectivity index (χ0n) is 7.85. The second-order valence-electron chi connectivity index (χ2n) is 3.54. The highest BCUT2D eigenvalue weighted by Crippen LogP contribution is 2.17. The lowest BCUT2D eigenvalue weighted by atomic mass is 9.94. The molecule has 1 aliphatic heterocycles. The van der Waals surface area contributed by atoms with Crippen molar-refractivity contribution in [1.82, 2.24) is 0 Å². The molecule has 2 rings (SSSR count). The van der Waals surface area contributed by atoms with E-state index in [4.69, 9.17) is 10.5 Å². The van der Waals surface area contributed by atoms with E-state index in [0.29, 0.717) is 13.2 Å². The van der Waals surface area contributed by atoms with Crippen LogP contribution in [-0.2, 0) is 4.74 Å². The van der Waals surface area contributed by atoms with E-state index in [2.05, 4.69) is 0 Å². The van der Waals surface area contributed by atoms with Crippen LogP contribution in [0.4, 0.5) is 0 Å². The Morgan fingerprint density at radius 2 is 2.00 bits per heavy atom. The molecule has 0 bridgehead atoms. The summed E-state index contributed by atoms with van der Waals surface area (Å²) >= 11 is 0. The van der Waals surface area contributed by atoms with Crippen molar-refractivity contribution in [3.8, 4) is 0 Å². The third kappa shape index (κ3) is 1.69. The summed E-state index contributed by atoms with van der Waals surface area (Å²) in [5.74, 6) is -0.0759. The lowest BCUT2D eigenvalue weighted by Gasteiger charge is -2.11. The summed E-state index contributed by atoms with van der Waals surface area (Å²) in [6.45, 7) is 0.943. The van der Waals surface area contributed by atoms with Crippen LogP contribution in [0.2, 0.25) is 0 Å². The van der Waals surface area contributed by atoms with Crippen LogP contribution in [-0.4, -0.2) is 25.0 Å². The molecule has 1 saturated heterocycles. The highest BCUT2D eigenvalue weighted by atomic mass is 16.5. The molecule has 0 saturated carbocycles. The second kappa shape index (κ2) is 3.90. The van der Waals surface area contributed by atoms with E-state index in [9.17, 15) is 4.79 Å². The van der Waals surface area contributed by atoms with Crippen LogP contribution in [0.1, 0.15) is 10.4 Å². The Morgan fingerprint density at radius 3 is 2.57 bits per heavy atom. The van der Waals surface area contributed by atoms with Crippen LogP contribution in [0, 0.1) is 5.92 Å². The van der Waals surface area contributed by atoms with Crippen LogP contribution in [0.5, 0.6) is 0 Å². The summed E-state index contributed by atoms with van der Waals surface area (Å²) in [6, 6.07) is 9.08. The van der Waals surface area contributed by atoms with E-state index in [0.717, 1.165) is 5.56 Å². The Morgan fingerprint density at radius 1 is 1.29 bits per heavy atom. The quantitative estimate of drug-likeness (QED) is 0.705. The van der Waals surface area contributed by atoms with E-state index in [-0.39, 0.29) is 17.7 Å². The van der Waals surface area contributed by atoms with E-state index in [1.807, 2.05) is 30.3 Å². The zero-order valence-corrected chi connectivity index (χ0v) is 7.85. The van der Waals surface area contributed by atoms with Crippen LogP contribution in [0.15, 0.2) is 30.3 Å². The van der Waals surface area contributed by atoms with E-state index < -0.39 is 0 Å². The predicted molar refractivity (Wildman–Crippen MR) is 53.1 cm³/mol. The van der Waals surface area contributed by atoms with Gasteiger partial charge in [0.15, 0.2) is 5.78 Å². The molecule has 0 amide bonds.